The minimum Gasteiger partial charge on any atom is -0.388 e. The Hall–Kier alpha value is -2.43. The number of benzene rings is 2. The first-order valence-electron chi connectivity index (χ1n) is 5.81. The number of nitrogens with zero attached hydrogens (tertiary/aromatic N) is 1. The molecule has 3 rings (SSSR count). The van der Waals surface area contributed by atoms with Crippen molar-refractivity contribution in [3.8, 4) is 11.4 Å². The molecule has 0 atom stereocenters. The number of anilines is 1. The molecule has 19 heavy (non-hydrogen) atoms. The fraction of sp³-hybridized carbons (Fsp3) is 0.0714. The van der Waals surface area contributed by atoms with Gasteiger partial charge in [-0.25, -0.2) is 13.8 Å². The van der Waals surface area contributed by atoms with Crippen molar-refractivity contribution in [3.05, 3.63) is 48.0 Å². The van der Waals surface area contributed by atoms with Gasteiger partial charge in [0.15, 0.2) is 5.82 Å². The Morgan fingerprint density at radius 3 is 2.74 bits per heavy atom. The van der Waals surface area contributed by atoms with Crippen molar-refractivity contribution >= 4 is 16.7 Å². The maximum Gasteiger partial charge on any atom is 0.153 e. The molecule has 0 aliphatic heterocycles. The molecule has 0 aliphatic carbocycles. The van der Waals surface area contributed by atoms with E-state index in [9.17, 15) is 8.78 Å². The van der Waals surface area contributed by atoms with Gasteiger partial charge in [0.05, 0.1) is 5.52 Å². The van der Waals surface area contributed by atoms with E-state index in [-0.39, 0.29) is 5.52 Å². The van der Waals surface area contributed by atoms with E-state index in [1.807, 2.05) is 24.3 Å². The maximum atomic E-state index is 13.6. The molecule has 0 amide bonds. The molecule has 5 heteroatoms. The minimum absolute atomic E-state index is 0.141. The van der Waals surface area contributed by atoms with E-state index in [0.29, 0.717) is 11.3 Å². The molecule has 0 spiro atoms. The van der Waals surface area contributed by atoms with Gasteiger partial charge in [-0.15, -0.1) is 0 Å². The molecular weight excluding hydrogens is 248 g/mol. The van der Waals surface area contributed by atoms with Gasteiger partial charge in [-0.05, 0) is 18.2 Å². The van der Waals surface area contributed by atoms with Gasteiger partial charge in [-0.3, -0.25) is 0 Å². The molecule has 3 aromatic rings. The molecule has 0 saturated heterocycles. The number of H-pyrrole nitrogens is 1. The number of nitrogens with one attached hydrogen (secondary N) is 2. The summed E-state index contributed by atoms with van der Waals surface area (Å²) in [4.78, 5) is 7.13. The van der Waals surface area contributed by atoms with Gasteiger partial charge in [0.25, 0.3) is 0 Å². The second kappa shape index (κ2) is 4.35. The zero-order valence-corrected chi connectivity index (χ0v) is 10.2. The standard InChI is InChI=1S/C14H11F2N3/c1-17-11-5-3-2-4-9(11)14-18-12-7-8(15)6-10(16)13(12)19-14/h2-7,17H,1H3,(H,18,19). The second-order valence-electron chi connectivity index (χ2n) is 4.16. The van der Waals surface area contributed by atoms with Gasteiger partial charge in [-0.2, -0.15) is 0 Å². The van der Waals surface area contributed by atoms with Gasteiger partial charge < -0.3 is 10.3 Å². The molecule has 0 fully saturated rings. The van der Waals surface area contributed by atoms with Crippen LogP contribution in [0.2, 0.25) is 0 Å². The molecule has 2 aromatic carbocycles. The molecular formula is C14H11F2N3. The van der Waals surface area contributed by atoms with Crippen LogP contribution in [0, 0.1) is 11.6 Å². The summed E-state index contributed by atoms with van der Waals surface area (Å²) in [6.45, 7) is 0. The predicted molar refractivity (Wildman–Crippen MR) is 71.0 cm³/mol. The van der Waals surface area contributed by atoms with Crippen LogP contribution in [-0.2, 0) is 0 Å². The Kier molecular flexibility index (Phi) is 2.67. The Bertz CT molecular complexity index is 750. The fourth-order valence-corrected chi connectivity index (χ4v) is 2.08. The third-order valence-electron chi connectivity index (χ3n) is 2.96. The second-order valence-corrected chi connectivity index (χ2v) is 4.16. The number of hydrogen-bond donors (Lipinski definition) is 2. The first-order chi connectivity index (χ1) is 9.19. The van der Waals surface area contributed by atoms with Crippen LogP contribution in [0.4, 0.5) is 14.5 Å². The molecule has 0 aliphatic rings. The number of rotatable bonds is 2. The van der Waals surface area contributed by atoms with E-state index in [1.165, 1.54) is 6.07 Å². The van der Waals surface area contributed by atoms with Gasteiger partial charge in [0, 0.05) is 24.4 Å². The summed E-state index contributed by atoms with van der Waals surface area (Å²) in [6.07, 6.45) is 0. The summed E-state index contributed by atoms with van der Waals surface area (Å²) >= 11 is 0. The fourth-order valence-electron chi connectivity index (χ4n) is 2.08. The van der Waals surface area contributed by atoms with E-state index in [2.05, 4.69) is 15.3 Å². The molecule has 1 aromatic heterocycles. The zero-order valence-electron chi connectivity index (χ0n) is 10.2. The van der Waals surface area contributed by atoms with E-state index < -0.39 is 11.6 Å². The first-order valence-corrected chi connectivity index (χ1v) is 5.81. The normalized spacial score (nSPS) is 10.9. The van der Waals surface area contributed by atoms with Crippen molar-refractivity contribution in [2.24, 2.45) is 0 Å². The van der Waals surface area contributed by atoms with Crippen molar-refractivity contribution in [2.45, 2.75) is 0 Å². The number of halogens is 2. The number of aromatic nitrogens is 2. The highest BCUT2D eigenvalue weighted by atomic mass is 19.1. The monoisotopic (exact) mass is 259 g/mol. The van der Waals surface area contributed by atoms with Gasteiger partial charge in [0.2, 0.25) is 0 Å². The summed E-state index contributed by atoms with van der Waals surface area (Å²) < 4.78 is 26.8. The van der Waals surface area contributed by atoms with Crippen LogP contribution in [0.5, 0.6) is 0 Å². The smallest absolute Gasteiger partial charge is 0.153 e. The average molecular weight is 259 g/mol. The lowest BCUT2D eigenvalue weighted by atomic mass is 10.1. The van der Waals surface area contributed by atoms with E-state index in [0.717, 1.165) is 17.3 Å². The lowest BCUT2D eigenvalue weighted by Gasteiger charge is -2.05. The SMILES string of the molecule is CNc1ccccc1-c1nc2c(F)cc(F)cc2[nH]1. The summed E-state index contributed by atoms with van der Waals surface area (Å²) in [7, 11) is 1.79. The highest BCUT2D eigenvalue weighted by molar-refractivity contribution is 5.83. The van der Waals surface area contributed by atoms with Crippen molar-refractivity contribution in [1.29, 1.82) is 0 Å². The van der Waals surface area contributed by atoms with Crippen LogP contribution in [0.25, 0.3) is 22.4 Å². The van der Waals surface area contributed by atoms with Crippen molar-refractivity contribution in [3.63, 3.8) is 0 Å². The van der Waals surface area contributed by atoms with Crippen molar-refractivity contribution in [2.75, 3.05) is 12.4 Å². The number of fused-ring (bicyclic) bond motifs is 1. The Morgan fingerprint density at radius 2 is 1.95 bits per heavy atom. The highest BCUT2D eigenvalue weighted by Gasteiger charge is 2.12. The summed E-state index contributed by atoms with van der Waals surface area (Å²) in [6, 6.07) is 9.56. The van der Waals surface area contributed by atoms with Gasteiger partial charge in [-0.1, -0.05) is 12.1 Å². The largest absolute Gasteiger partial charge is 0.388 e. The molecule has 0 saturated carbocycles. The Balaban J connectivity index is 2.23. The summed E-state index contributed by atoms with van der Waals surface area (Å²) in [5.74, 6) is -0.786. The summed E-state index contributed by atoms with van der Waals surface area (Å²) in [5.41, 5.74) is 2.16. The minimum atomic E-state index is -0.667. The van der Waals surface area contributed by atoms with E-state index in [1.54, 1.807) is 7.05 Å². The Morgan fingerprint density at radius 1 is 1.16 bits per heavy atom. The van der Waals surface area contributed by atoms with Crippen molar-refractivity contribution in [1.82, 2.24) is 9.97 Å². The van der Waals surface area contributed by atoms with Crippen molar-refractivity contribution < 1.29 is 8.78 Å². The van der Waals surface area contributed by atoms with Crippen LogP contribution in [0.15, 0.2) is 36.4 Å². The average Bonchev–Trinajstić information content (AvgIpc) is 2.82. The highest BCUT2D eigenvalue weighted by Crippen LogP contribution is 2.28. The van der Waals surface area contributed by atoms with E-state index >= 15 is 0 Å². The Labute approximate surface area is 108 Å². The molecule has 0 radical (unpaired) electrons. The summed E-state index contributed by atoms with van der Waals surface area (Å²) in [5, 5.41) is 3.04. The van der Waals surface area contributed by atoms with Crippen LogP contribution < -0.4 is 5.32 Å². The topological polar surface area (TPSA) is 40.7 Å². The maximum absolute atomic E-state index is 13.6. The lowest BCUT2D eigenvalue weighted by molar-refractivity contribution is 0.591. The van der Waals surface area contributed by atoms with Gasteiger partial charge >= 0.3 is 0 Å². The number of hydrogen-bond acceptors (Lipinski definition) is 2. The molecule has 0 unspecified atom stereocenters. The van der Waals surface area contributed by atoms with Gasteiger partial charge in [0.1, 0.15) is 17.2 Å². The first kappa shape index (κ1) is 11.6. The number of imidazole rings is 1. The van der Waals surface area contributed by atoms with E-state index in [4.69, 9.17) is 0 Å². The lowest BCUT2D eigenvalue weighted by Crippen LogP contribution is -1.92. The molecule has 3 nitrogen and oxygen atoms in total. The van der Waals surface area contributed by atoms with Crippen LogP contribution >= 0.6 is 0 Å². The molecule has 2 N–H and O–H groups in total. The third kappa shape index (κ3) is 1.93. The van der Waals surface area contributed by atoms with Crippen LogP contribution in [0.1, 0.15) is 0 Å². The van der Waals surface area contributed by atoms with Crippen LogP contribution in [-0.4, -0.2) is 17.0 Å². The molecule has 96 valence electrons. The molecule has 0 bridgehead atoms. The quantitative estimate of drug-likeness (QED) is 0.739. The number of aromatic amines is 1. The van der Waals surface area contributed by atoms with Crippen LogP contribution in [0.3, 0.4) is 0 Å². The third-order valence-corrected chi connectivity index (χ3v) is 2.96. The predicted octanol–water partition coefficient (Wildman–Crippen LogP) is 3.55. The number of para-hydroxylation sites is 1. The zero-order chi connectivity index (χ0) is 13.4. The molecule has 1 heterocycles.